The standard InChI is InChI=1S/C11H12F4N2O/c1-17(10(18)16-7-11(13,14)15)6-8-2-4-9(12)5-3-8/h2-5H,6-7H2,1H3,(H,16,18). The zero-order valence-electron chi connectivity index (χ0n) is 9.59. The maximum atomic E-state index is 12.6. The topological polar surface area (TPSA) is 32.3 Å². The van der Waals surface area contributed by atoms with Crippen molar-refractivity contribution in [3.8, 4) is 0 Å². The highest BCUT2D eigenvalue weighted by atomic mass is 19.4. The monoisotopic (exact) mass is 264 g/mol. The molecule has 0 unspecified atom stereocenters. The van der Waals surface area contributed by atoms with Crippen molar-refractivity contribution >= 4 is 6.03 Å². The van der Waals surface area contributed by atoms with E-state index in [0.29, 0.717) is 5.56 Å². The van der Waals surface area contributed by atoms with Crippen LogP contribution in [0.5, 0.6) is 0 Å². The first-order chi connectivity index (χ1) is 8.28. The summed E-state index contributed by atoms with van der Waals surface area (Å²) in [6.45, 7) is -1.27. The molecule has 0 saturated carbocycles. The lowest BCUT2D eigenvalue weighted by atomic mass is 10.2. The number of halogens is 4. The Balaban J connectivity index is 2.47. The first-order valence-electron chi connectivity index (χ1n) is 5.08. The third kappa shape index (κ3) is 5.03. The molecule has 0 saturated heterocycles. The van der Waals surface area contributed by atoms with Crippen LogP contribution in [-0.4, -0.2) is 30.7 Å². The van der Waals surface area contributed by atoms with Gasteiger partial charge in [-0.25, -0.2) is 9.18 Å². The van der Waals surface area contributed by atoms with Crippen molar-refractivity contribution in [2.75, 3.05) is 13.6 Å². The van der Waals surface area contributed by atoms with E-state index in [2.05, 4.69) is 0 Å². The van der Waals surface area contributed by atoms with Gasteiger partial charge in [0.2, 0.25) is 0 Å². The summed E-state index contributed by atoms with van der Waals surface area (Å²) in [6.07, 6.45) is -4.44. The van der Waals surface area contributed by atoms with Gasteiger partial charge in [-0.05, 0) is 17.7 Å². The molecule has 0 bridgehead atoms. The second-order valence-electron chi connectivity index (χ2n) is 3.76. The van der Waals surface area contributed by atoms with Gasteiger partial charge in [0.15, 0.2) is 0 Å². The number of urea groups is 1. The van der Waals surface area contributed by atoms with Crippen molar-refractivity contribution < 1.29 is 22.4 Å². The molecule has 1 rings (SSSR count). The molecule has 2 amide bonds. The fraction of sp³-hybridized carbons (Fsp3) is 0.364. The van der Waals surface area contributed by atoms with Crippen LogP contribution in [0.4, 0.5) is 22.4 Å². The minimum atomic E-state index is -4.44. The van der Waals surface area contributed by atoms with E-state index in [1.54, 1.807) is 5.32 Å². The van der Waals surface area contributed by atoms with Crippen LogP contribution in [0, 0.1) is 5.82 Å². The quantitative estimate of drug-likeness (QED) is 0.836. The lowest BCUT2D eigenvalue weighted by Crippen LogP contribution is -2.41. The van der Waals surface area contributed by atoms with Gasteiger partial charge in [-0.1, -0.05) is 12.1 Å². The van der Waals surface area contributed by atoms with Gasteiger partial charge in [-0.2, -0.15) is 13.2 Å². The summed E-state index contributed by atoms with van der Waals surface area (Å²) in [5.41, 5.74) is 0.626. The predicted octanol–water partition coefficient (Wildman–Crippen LogP) is 2.53. The first-order valence-corrected chi connectivity index (χ1v) is 5.08. The maximum Gasteiger partial charge on any atom is 0.405 e. The Morgan fingerprint density at radius 1 is 1.28 bits per heavy atom. The second-order valence-corrected chi connectivity index (χ2v) is 3.76. The van der Waals surface area contributed by atoms with Crippen LogP contribution >= 0.6 is 0 Å². The molecule has 100 valence electrons. The number of nitrogens with zero attached hydrogens (tertiary/aromatic N) is 1. The lowest BCUT2D eigenvalue weighted by Gasteiger charge is -2.18. The van der Waals surface area contributed by atoms with E-state index in [1.807, 2.05) is 0 Å². The zero-order chi connectivity index (χ0) is 13.8. The molecule has 0 fully saturated rings. The Hall–Kier alpha value is -1.79. The number of carbonyl (C=O) groups is 1. The van der Waals surface area contributed by atoms with Gasteiger partial charge in [0.25, 0.3) is 0 Å². The summed E-state index contributed by atoms with van der Waals surface area (Å²) in [5.74, 6) is -0.414. The average Bonchev–Trinajstić information content (AvgIpc) is 2.28. The van der Waals surface area contributed by atoms with Gasteiger partial charge in [0.05, 0.1) is 0 Å². The van der Waals surface area contributed by atoms with Crippen LogP contribution in [0.15, 0.2) is 24.3 Å². The lowest BCUT2D eigenvalue weighted by molar-refractivity contribution is -0.123. The van der Waals surface area contributed by atoms with E-state index in [9.17, 15) is 22.4 Å². The molecular formula is C11H12F4N2O. The Morgan fingerprint density at radius 3 is 2.33 bits per heavy atom. The first kappa shape index (κ1) is 14.3. The number of alkyl halides is 3. The third-order valence-corrected chi connectivity index (χ3v) is 2.12. The van der Waals surface area contributed by atoms with Gasteiger partial charge in [0.1, 0.15) is 12.4 Å². The molecule has 1 N–H and O–H groups in total. The van der Waals surface area contributed by atoms with Crippen molar-refractivity contribution in [2.24, 2.45) is 0 Å². The Morgan fingerprint density at radius 2 is 1.83 bits per heavy atom. The number of hydrogen-bond donors (Lipinski definition) is 1. The van der Waals surface area contributed by atoms with Crippen LogP contribution in [0.3, 0.4) is 0 Å². The molecule has 1 aromatic rings. The average molecular weight is 264 g/mol. The molecule has 0 radical (unpaired) electrons. The van der Waals surface area contributed by atoms with Gasteiger partial charge in [-0.3, -0.25) is 0 Å². The van der Waals surface area contributed by atoms with Crippen molar-refractivity contribution in [1.29, 1.82) is 0 Å². The number of rotatable bonds is 3. The molecule has 0 aliphatic heterocycles. The molecule has 3 nitrogen and oxygen atoms in total. The molecule has 18 heavy (non-hydrogen) atoms. The van der Waals surface area contributed by atoms with E-state index in [-0.39, 0.29) is 6.54 Å². The summed E-state index contributed by atoms with van der Waals surface area (Å²) >= 11 is 0. The molecule has 0 aliphatic rings. The van der Waals surface area contributed by atoms with Crippen LogP contribution in [-0.2, 0) is 6.54 Å². The minimum absolute atomic E-state index is 0.101. The molecule has 0 aromatic heterocycles. The Kier molecular flexibility index (Phi) is 4.52. The van der Waals surface area contributed by atoms with Crippen LogP contribution in [0.1, 0.15) is 5.56 Å². The van der Waals surface area contributed by atoms with Gasteiger partial charge in [-0.15, -0.1) is 0 Å². The smallest absolute Gasteiger partial charge is 0.329 e. The van der Waals surface area contributed by atoms with Crippen molar-refractivity contribution in [1.82, 2.24) is 10.2 Å². The number of benzene rings is 1. The summed E-state index contributed by atoms with van der Waals surface area (Å²) in [5, 5.41) is 1.74. The Bertz CT molecular complexity index is 402. The zero-order valence-corrected chi connectivity index (χ0v) is 9.59. The van der Waals surface area contributed by atoms with Gasteiger partial charge in [0, 0.05) is 13.6 Å². The van der Waals surface area contributed by atoms with Gasteiger partial charge >= 0.3 is 12.2 Å². The number of carbonyl (C=O) groups excluding carboxylic acids is 1. The summed E-state index contributed by atoms with van der Waals surface area (Å²) < 4.78 is 48.2. The highest BCUT2D eigenvalue weighted by Gasteiger charge is 2.28. The second kappa shape index (κ2) is 5.70. The van der Waals surface area contributed by atoms with E-state index < -0.39 is 24.6 Å². The summed E-state index contributed by atoms with van der Waals surface area (Å²) in [7, 11) is 1.36. The third-order valence-electron chi connectivity index (χ3n) is 2.12. The van der Waals surface area contributed by atoms with E-state index in [4.69, 9.17) is 0 Å². The van der Waals surface area contributed by atoms with Crippen molar-refractivity contribution in [3.05, 3.63) is 35.6 Å². The van der Waals surface area contributed by atoms with Crippen molar-refractivity contribution in [3.63, 3.8) is 0 Å². The fourth-order valence-corrected chi connectivity index (χ4v) is 1.25. The molecule has 0 aliphatic carbocycles. The largest absolute Gasteiger partial charge is 0.405 e. The van der Waals surface area contributed by atoms with E-state index in [1.165, 1.54) is 31.3 Å². The van der Waals surface area contributed by atoms with Crippen molar-refractivity contribution in [2.45, 2.75) is 12.7 Å². The molecule has 0 atom stereocenters. The summed E-state index contributed by atoms with van der Waals surface area (Å²) in [6, 6.07) is 4.52. The molecule has 0 heterocycles. The van der Waals surface area contributed by atoms with Gasteiger partial charge < -0.3 is 10.2 Å². The van der Waals surface area contributed by atoms with Crippen LogP contribution in [0.2, 0.25) is 0 Å². The Labute approximate surface area is 101 Å². The number of nitrogens with one attached hydrogen (secondary N) is 1. The molecule has 7 heteroatoms. The normalized spacial score (nSPS) is 11.2. The highest BCUT2D eigenvalue weighted by molar-refractivity contribution is 5.73. The highest BCUT2D eigenvalue weighted by Crippen LogP contribution is 2.12. The fourth-order valence-electron chi connectivity index (χ4n) is 1.25. The predicted molar refractivity (Wildman–Crippen MR) is 57.3 cm³/mol. The number of hydrogen-bond acceptors (Lipinski definition) is 1. The molecular weight excluding hydrogens is 252 g/mol. The number of amides is 2. The summed E-state index contributed by atoms with van der Waals surface area (Å²) in [4.78, 5) is 12.4. The van der Waals surface area contributed by atoms with E-state index in [0.717, 1.165) is 4.90 Å². The SMILES string of the molecule is CN(Cc1ccc(F)cc1)C(=O)NCC(F)(F)F. The minimum Gasteiger partial charge on any atom is -0.329 e. The van der Waals surface area contributed by atoms with E-state index >= 15 is 0 Å². The maximum absolute atomic E-state index is 12.6. The van der Waals surface area contributed by atoms with Crippen LogP contribution < -0.4 is 5.32 Å². The molecule has 0 spiro atoms. The molecule has 1 aromatic carbocycles. The van der Waals surface area contributed by atoms with Crippen LogP contribution in [0.25, 0.3) is 0 Å².